The van der Waals surface area contributed by atoms with Crippen LogP contribution in [0.15, 0.2) is 47.5 Å². The van der Waals surface area contributed by atoms with Gasteiger partial charge in [-0.2, -0.15) is 8.78 Å². The number of alkyl halides is 2. The number of hydrogen-bond donors (Lipinski definition) is 2. The van der Waals surface area contributed by atoms with E-state index in [4.69, 9.17) is 5.73 Å². The van der Waals surface area contributed by atoms with Crippen molar-refractivity contribution >= 4 is 5.96 Å². The number of rotatable bonds is 4. The minimum absolute atomic E-state index is 0.0253. The molecule has 3 rings (SSSR count). The summed E-state index contributed by atoms with van der Waals surface area (Å²) < 4.78 is 56.5. The molecule has 1 aliphatic rings. The highest BCUT2D eigenvalue weighted by Crippen LogP contribution is 2.42. The second kappa shape index (κ2) is 6.49. The number of guanidine groups is 1. The molecule has 26 heavy (non-hydrogen) atoms. The van der Waals surface area contributed by atoms with Crippen molar-refractivity contribution in [2.45, 2.75) is 18.4 Å². The number of aliphatic hydroxyl groups excluding tert-OH is 1. The van der Waals surface area contributed by atoms with Crippen molar-refractivity contribution in [2.75, 3.05) is 7.05 Å². The highest BCUT2D eigenvalue weighted by Gasteiger charge is 2.49. The molecule has 0 bridgehead atoms. The predicted molar refractivity (Wildman–Crippen MR) is 85.6 cm³/mol. The minimum Gasteiger partial charge on any atom is -0.435 e. The number of halogens is 4. The van der Waals surface area contributed by atoms with Gasteiger partial charge < -0.3 is 20.5 Å². The van der Waals surface area contributed by atoms with Gasteiger partial charge in [-0.3, -0.25) is 0 Å². The molecule has 3 N–H and O–H groups in total. The molecule has 138 valence electrons. The molecule has 0 saturated carbocycles. The van der Waals surface area contributed by atoms with Crippen LogP contribution in [-0.2, 0) is 5.54 Å². The molecule has 9 heteroatoms. The maximum Gasteiger partial charge on any atom is 0.387 e. The molecule has 2 unspecified atom stereocenters. The Kier molecular flexibility index (Phi) is 4.49. The first-order chi connectivity index (χ1) is 12.2. The lowest BCUT2D eigenvalue weighted by Gasteiger charge is -2.33. The van der Waals surface area contributed by atoms with E-state index in [2.05, 4.69) is 9.73 Å². The van der Waals surface area contributed by atoms with E-state index in [-0.39, 0.29) is 17.3 Å². The van der Waals surface area contributed by atoms with Crippen LogP contribution in [0, 0.1) is 11.6 Å². The molecular weight excluding hydrogens is 354 g/mol. The minimum atomic E-state index is -3.00. The highest BCUT2D eigenvalue weighted by atomic mass is 19.3. The predicted octanol–water partition coefficient (Wildman–Crippen LogP) is 2.39. The molecule has 0 aliphatic carbocycles. The lowest BCUT2D eigenvalue weighted by atomic mass is 9.82. The Hall–Kier alpha value is -2.81. The van der Waals surface area contributed by atoms with Crippen LogP contribution < -0.4 is 10.5 Å². The van der Waals surface area contributed by atoms with Crippen LogP contribution in [0.2, 0.25) is 0 Å². The Morgan fingerprint density at radius 1 is 1.12 bits per heavy atom. The molecule has 0 fully saturated rings. The maximum absolute atomic E-state index is 13.8. The zero-order valence-corrected chi connectivity index (χ0v) is 13.5. The van der Waals surface area contributed by atoms with E-state index in [1.54, 1.807) is 0 Å². The third-order valence-corrected chi connectivity index (χ3v) is 4.22. The van der Waals surface area contributed by atoms with E-state index >= 15 is 0 Å². The van der Waals surface area contributed by atoms with Crippen molar-refractivity contribution in [2.24, 2.45) is 10.7 Å². The van der Waals surface area contributed by atoms with Crippen LogP contribution in [0.3, 0.4) is 0 Å². The number of likely N-dealkylation sites (N-methyl/N-ethyl adjacent to an activating group) is 1. The molecule has 0 saturated heterocycles. The van der Waals surface area contributed by atoms with E-state index in [9.17, 15) is 22.7 Å². The third kappa shape index (κ3) is 2.94. The second-order valence-electron chi connectivity index (χ2n) is 5.78. The fraction of sp³-hybridized carbons (Fsp3) is 0.235. The number of ether oxygens (including phenoxy) is 1. The normalized spacial score (nSPS) is 22.7. The van der Waals surface area contributed by atoms with Gasteiger partial charge in [-0.25, -0.2) is 13.8 Å². The van der Waals surface area contributed by atoms with Crippen LogP contribution in [0.5, 0.6) is 5.75 Å². The van der Waals surface area contributed by atoms with Crippen LogP contribution in [0.1, 0.15) is 11.1 Å². The quantitative estimate of drug-likeness (QED) is 0.812. The molecule has 1 heterocycles. The van der Waals surface area contributed by atoms with Gasteiger partial charge in [-0.1, -0.05) is 12.1 Å². The summed E-state index contributed by atoms with van der Waals surface area (Å²) in [4.78, 5) is 5.49. The van der Waals surface area contributed by atoms with Crippen molar-refractivity contribution in [3.8, 4) is 5.75 Å². The number of hydrogen-bond acceptors (Lipinski definition) is 5. The summed E-state index contributed by atoms with van der Waals surface area (Å²) in [6, 6.07) is 8.00. The van der Waals surface area contributed by atoms with E-state index in [0.717, 1.165) is 12.1 Å². The Labute approximate surface area is 146 Å². The fourth-order valence-corrected chi connectivity index (χ4v) is 2.98. The maximum atomic E-state index is 13.8. The average Bonchev–Trinajstić information content (AvgIpc) is 2.79. The van der Waals surface area contributed by atoms with Gasteiger partial charge in [-0.15, -0.1) is 0 Å². The molecule has 0 spiro atoms. The van der Waals surface area contributed by atoms with Gasteiger partial charge in [0, 0.05) is 13.1 Å². The topological polar surface area (TPSA) is 71.1 Å². The number of aliphatic hydroxyl groups is 1. The first kappa shape index (κ1) is 18.0. The largest absolute Gasteiger partial charge is 0.435 e. The summed E-state index contributed by atoms with van der Waals surface area (Å²) in [5.74, 6) is -1.86. The Balaban J connectivity index is 2.17. The summed E-state index contributed by atoms with van der Waals surface area (Å²) in [7, 11) is 1.47. The number of nitrogens with zero attached hydrogens (tertiary/aromatic N) is 2. The molecule has 0 aromatic heterocycles. The van der Waals surface area contributed by atoms with E-state index in [1.165, 1.54) is 36.2 Å². The van der Waals surface area contributed by atoms with Crippen molar-refractivity contribution in [1.29, 1.82) is 0 Å². The van der Waals surface area contributed by atoms with Crippen molar-refractivity contribution in [1.82, 2.24) is 4.90 Å². The van der Waals surface area contributed by atoms with E-state index in [1.807, 2.05) is 0 Å². The lowest BCUT2D eigenvalue weighted by Crippen LogP contribution is -2.45. The van der Waals surface area contributed by atoms with Gasteiger partial charge >= 0.3 is 6.61 Å². The average molecular weight is 369 g/mol. The van der Waals surface area contributed by atoms with Crippen LogP contribution in [0.4, 0.5) is 17.6 Å². The monoisotopic (exact) mass is 369 g/mol. The lowest BCUT2D eigenvalue weighted by molar-refractivity contribution is -0.0499. The fourth-order valence-electron chi connectivity index (χ4n) is 2.98. The Morgan fingerprint density at radius 3 is 2.15 bits per heavy atom. The van der Waals surface area contributed by atoms with Crippen LogP contribution in [0.25, 0.3) is 0 Å². The zero-order chi connectivity index (χ0) is 19.1. The molecule has 5 nitrogen and oxygen atoms in total. The van der Waals surface area contributed by atoms with Gasteiger partial charge in [0.05, 0.1) is 0 Å². The number of aliphatic imine (C=N–C) groups is 1. The standard InChI is InChI=1S/C17H15F4N3O2/c1-24-14(25)17(23-16(24)22,10-6-11(18)8-12(19)7-10)9-2-4-13(5-3-9)26-15(20)21/h2-8,14-15,25H,1H3,(H2,22,23). The van der Waals surface area contributed by atoms with Crippen molar-refractivity contribution < 1.29 is 27.4 Å². The summed E-state index contributed by atoms with van der Waals surface area (Å²) in [5, 5.41) is 10.7. The van der Waals surface area contributed by atoms with E-state index in [0.29, 0.717) is 11.6 Å². The second-order valence-corrected chi connectivity index (χ2v) is 5.78. The first-order valence-electron chi connectivity index (χ1n) is 7.52. The SMILES string of the molecule is CN1C(N)=NC(c2ccc(OC(F)F)cc2)(c2cc(F)cc(F)c2)C1O. The van der Waals surface area contributed by atoms with Gasteiger partial charge in [0.15, 0.2) is 17.7 Å². The zero-order valence-electron chi connectivity index (χ0n) is 13.5. The van der Waals surface area contributed by atoms with Gasteiger partial charge in [-0.05, 0) is 35.4 Å². The van der Waals surface area contributed by atoms with Gasteiger partial charge in [0.2, 0.25) is 0 Å². The molecule has 2 aromatic rings. The van der Waals surface area contributed by atoms with Crippen LogP contribution >= 0.6 is 0 Å². The third-order valence-electron chi connectivity index (χ3n) is 4.22. The molecule has 1 aliphatic heterocycles. The smallest absolute Gasteiger partial charge is 0.387 e. The number of benzene rings is 2. The van der Waals surface area contributed by atoms with Crippen LogP contribution in [-0.4, -0.2) is 35.9 Å². The van der Waals surface area contributed by atoms with E-state index < -0.39 is 30.0 Å². The summed E-state index contributed by atoms with van der Waals surface area (Å²) in [5.41, 5.74) is 4.48. The molecule has 2 atom stereocenters. The molecule has 2 aromatic carbocycles. The summed E-state index contributed by atoms with van der Waals surface area (Å²) in [6.45, 7) is -3.00. The molecule has 0 radical (unpaired) electrons. The molecular formula is C17H15F4N3O2. The van der Waals surface area contributed by atoms with Crippen molar-refractivity contribution in [3.05, 3.63) is 65.2 Å². The van der Waals surface area contributed by atoms with Gasteiger partial charge in [0.25, 0.3) is 0 Å². The highest BCUT2D eigenvalue weighted by molar-refractivity contribution is 5.82. The number of nitrogens with two attached hydrogens (primary N) is 1. The molecule has 0 amide bonds. The Bertz CT molecular complexity index is 824. The summed E-state index contributed by atoms with van der Waals surface area (Å²) >= 11 is 0. The Morgan fingerprint density at radius 2 is 1.69 bits per heavy atom. The van der Waals surface area contributed by atoms with Gasteiger partial charge in [0.1, 0.15) is 17.4 Å². The summed E-state index contributed by atoms with van der Waals surface area (Å²) in [6.07, 6.45) is -1.37. The van der Waals surface area contributed by atoms with Crippen molar-refractivity contribution in [3.63, 3.8) is 0 Å². The first-order valence-corrected chi connectivity index (χ1v) is 7.52.